The maximum Gasteiger partial charge on any atom is 0.239 e. The van der Waals surface area contributed by atoms with Crippen molar-refractivity contribution in [2.45, 2.75) is 26.8 Å². The summed E-state index contributed by atoms with van der Waals surface area (Å²) in [5, 5.41) is 2.48. The molecule has 76 valence electrons. The average Bonchev–Trinajstić information content (AvgIpc) is 2.04. The third-order valence-corrected chi connectivity index (χ3v) is 1.90. The van der Waals surface area contributed by atoms with Gasteiger partial charge in [-0.25, -0.2) is 0 Å². The Morgan fingerprint density at radius 1 is 1.46 bits per heavy atom. The van der Waals surface area contributed by atoms with Crippen LogP contribution in [0.3, 0.4) is 0 Å². The summed E-state index contributed by atoms with van der Waals surface area (Å²) in [7, 11) is 0. The fourth-order valence-corrected chi connectivity index (χ4v) is 0.556. The third-order valence-electron chi connectivity index (χ3n) is 1.90. The van der Waals surface area contributed by atoms with Crippen molar-refractivity contribution in [1.29, 1.82) is 0 Å². The lowest BCUT2D eigenvalue weighted by atomic mass is 9.92. The van der Waals surface area contributed by atoms with E-state index in [0.717, 1.165) is 0 Å². The summed E-state index contributed by atoms with van der Waals surface area (Å²) in [4.78, 5) is 22.0. The van der Waals surface area contributed by atoms with Gasteiger partial charge in [-0.1, -0.05) is 0 Å². The van der Waals surface area contributed by atoms with Crippen molar-refractivity contribution in [2.75, 3.05) is 6.54 Å². The first kappa shape index (κ1) is 11.9. The van der Waals surface area contributed by atoms with Crippen molar-refractivity contribution in [1.82, 2.24) is 5.32 Å². The molecular weight excluding hydrogens is 170 g/mol. The molecule has 0 saturated carbocycles. The smallest absolute Gasteiger partial charge is 0.239 e. The monoisotopic (exact) mass is 187 g/mol. The van der Waals surface area contributed by atoms with Crippen LogP contribution in [0.1, 0.15) is 20.8 Å². The lowest BCUT2D eigenvalue weighted by Crippen LogP contribution is -2.49. The summed E-state index contributed by atoms with van der Waals surface area (Å²) in [6.45, 7) is 5.17. The lowest BCUT2D eigenvalue weighted by Gasteiger charge is -2.23. The Balaban J connectivity index is 4.23. The van der Waals surface area contributed by atoms with Gasteiger partial charge in [0.25, 0.3) is 0 Å². The summed E-state index contributed by atoms with van der Waals surface area (Å²) in [6.07, 6.45) is 0. The topological polar surface area (TPSA) is 98.2 Å². The number of carbonyl (C=O) groups is 2. The molecular formula is C8H17N3O2. The van der Waals surface area contributed by atoms with Crippen molar-refractivity contribution in [3.05, 3.63) is 0 Å². The molecule has 0 aliphatic rings. The number of carbonyl (C=O) groups excluding carboxylic acids is 2. The second-order valence-electron chi connectivity index (χ2n) is 3.69. The van der Waals surface area contributed by atoms with E-state index in [1.165, 1.54) is 6.92 Å². The van der Waals surface area contributed by atoms with E-state index >= 15 is 0 Å². The molecule has 0 rings (SSSR count). The Labute approximate surface area is 77.8 Å². The molecule has 5 N–H and O–H groups in total. The molecule has 0 saturated heterocycles. The predicted octanol–water partition coefficient (Wildman–Crippen LogP) is -1.04. The van der Waals surface area contributed by atoms with Crippen molar-refractivity contribution in [3.8, 4) is 0 Å². The maximum atomic E-state index is 11.4. The fourth-order valence-electron chi connectivity index (χ4n) is 0.556. The average molecular weight is 187 g/mol. The molecule has 1 unspecified atom stereocenters. The first-order chi connectivity index (χ1) is 5.81. The van der Waals surface area contributed by atoms with Crippen molar-refractivity contribution in [2.24, 2.45) is 16.9 Å². The van der Waals surface area contributed by atoms with Crippen molar-refractivity contribution in [3.63, 3.8) is 0 Å². The van der Waals surface area contributed by atoms with Gasteiger partial charge in [-0.2, -0.15) is 0 Å². The van der Waals surface area contributed by atoms with Gasteiger partial charge in [-0.15, -0.1) is 0 Å². The van der Waals surface area contributed by atoms with Crippen LogP contribution in [0, 0.1) is 5.41 Å². The summed E-state index contributed by atoms with van der Waals surface area (Å²) in [5.74, 6) is -0.817. The molecule has 0 heterocycles. The number of rotatable bonds is 4. The Morgan fingerprint density at radius 2 is 1.92 bits per heavy atom. The van der Waals surface area contributed by atoms with Gasteiger partial charge in [0.05, 0.1) is 5.41 Å². The fraction of sp³-hybridized carbons (Fsp3) is 0.750. The molecule has 0 radical (unpaired) electrons. The maximum absolute atomic E-state index is 11.4. The van der Waals surface area contributed by atoms with Gasteiger partial charge >= 0.3 is 0 Å². The van der Waals surface area contributed by atoms with E-state index in [-0.39, 0.29) is 12.5 Å². The van der Waals surface area contributed by atoms with Crippen LogP contribution in [-0.4, -0.2) is 24.4 Å². The standard InChI is InChI=1S/C8H17N3O2/c1-5(6(10)12)11-7(13)8(2,3)4-9/h5H,4,9H2,1-3H3,(H2,10,12)(H,11,13). The van der Waals surface area contributed by atoms with E-state index in [9.17, 15) is 9.59 Å². The minimum atomic E-state index is -0.663. The molecule has 0 aromatic rings. The highest BCUT2D eigenvalue weighted by atomic mass is 16.2. The zero-order valence-electron chi connectivity index (χ0n) is 8.26. The normalized spacial score (nSPS) is 13.5. The van der Waals surface area contributed by atoms with E-state index in [2.05, 4.69) is 5.32 Å². The van der Waals surface area contributed by atoms with Gasteiger partial charge < -0.3 is 16.8 Å². The predicted molar refractivity (Wildman–Crippen MR) is 49.6 cm³/mol. The highest BCUT2D eigenvalue weighted by molar-refractivity contribution is 5.88. The molecule has 0 aromatic carbocycles. The van der Waals surface area contributed by atoms with E-state index < -0.39 is 17.4 Å². The Kier molecular flexibility index (Phi) is 3.87. The summed E-state index contributed by atoms with van der Waals surface area (Å²) in [6, 6.07) is -0.654. The highest BCUT2D eigenvalue weighted by Gasteiger charge is 2.27. The molecule has 13 heavy (non-hydrogen) atoms. The second-order valence-corrected chi connectivity index (χ2v) is 3.69. The van der Waals surface area contributed by atoms with Crippen LogP contribution in [0.15, 0.2) is 0 Å². The van der Waals surface area contributed by atoms with Crippen molar-refractivity contribution < 1.29 is 9.59 Å². The Hall–Kier alpha value is -1.10. The molecule has 0 aliphatic heterocycles. The first-order valence-corrected chi connectivity index (χ1v) is 4.11. The molecule has 0 fully saturated rings. The minimum absolute atomic E-state index is 0.227. The molecule has 0 aliphatic carbocycles. The van der Waals surface area contributed by atoms with Crippen molar-refractivity contribution >= 4 is 11.8 Å². The van der Waals surface area contributed by atoms with Gasteiger partial charge in [0, 0.05) is 6.54 Å². The highest BCUT2D eigenvalue weighted by Crippen LogP contribution is 2.12. The zero-order valence-corrected chi connectivity index (χ0v) is 8.26. The third kappa shape index (κ3) is 3.42. The van der Waals surface area contributed by atoms with Crippen LogP contribution in [0.5, 0.6) is 0 Å². The van der Waals surface area contributed by atoms with Crippen LogP contribution in [0.4, 0.5) is 0 Å². The first-order valence-electron chi connectivity index (χ1n) is 4.11. The Morgan fingerprint density at radius 3 is 2.23 bits per heavy atom. The molecule has 0 aromatic heterocycles. The van der Waals surface area contributed by atoms with Crippen LogP contribution < -0.4 is 16.8 Å². The van der Waals surface area contributed by atoms with Crippen LogP contribution in [0.2, 0.25) is 0 Å². The number of nitrogens with two attached hydrogens (primary N) is 2. The van der Waals surface area contributed by atoms with Gasteiger partial charge in [0.2, 0.25) is 11.8 Å². The van der Waals surface area contributed by atoms with Crippen LogP contribution >= 0.6 is 0 Å². The Bertz CT molecular complexity index is 213. The number of hydrogen-bond donors (Lipinski definition) is 3. The number of hydrogen-bond acceptors (Lipinski definition) is 3. The summed E-state index contributed by atoms with van der Waals surface area (Å²) >= 11 is 0. The number of primary amides is 1. The SMILES string of the molecule is CC(NC(=O)C(C)(C)CN)C(N)=O. The van der Waals surface area contributed by atoms with Gasteiger partial charge in [-0.05, 0) is 20.8 Å². The van der Waals surface area contributed by atoms with Crippen LogP contribution in [-0.2, 0) is 9.59 Å². The lowest BCUT2D eigenvalue weighted by molar-refractivity contribution is -0.132. The quantitative estimate of drug-likeness (QED) is 0.524. The second kappa shape index (κ2) is 4.23. The molecule has 5 nitrogen and oxygen atoms in total. The van der Waals surface area contributed by atoms with Gasteiger partial charge in [0.15, 0.2) is 0 Å². The minimum Gasteiger partial charge on any atom is -0.368 e. The molecule has 1 atom stereocenters. The zero-order chi connectivity index (χ0) is 10.6. The molecule has 2 amide bonds. The molecule has 0 spiro atoms. The summed E-state index contributed by atoms with van der Waals surface area (Å²) in [5.41, 5.74) is 9.70. The summed E-state index contributed by atoms with van der Waals surface area (Å²) < 4.78 is 0. The molecule has 0 bridgehead atoms. The largest absolute Gasteiger partial charge is 0.368 e. The number of nitrogens with one attached hydrogen (secondary N) is 1. The van der Waals surface area contributed by atoms with Gasteiger partial charge in [0.1, 0.15) is 6.04 Å². The van der Waals surface area contributed by atoms with Gasteiger partial charge in [-0.3, -0.25) is 9.59 Å². The van der Waals surface area contributed by atoms with E-state index in [1.807, 2.05) is 0 Å². The van der Waals surface area contributed by atoms with Crippen LogP contribution in [0.25, 0.3) is 0 Å². The molecule has 5 heteroatoms. The van der Waals surface area contributed by atoms with E-state index in [4.69, 9.17) is 11.5 Å². The van der Waals surface area contributed by atoms with E-state index in [0.29, 0.717) is 0 Å². The van der Waals surface area contributed by atoms with E-state index in [1.54, 1.807) is 13.8 Å². The number of amides is 2.